The minimum atomic E-state index is -0.932. The third kappa shape index (κ3) is 5.08. The average molecular weight is 610 g/mol. The second-order valence-corrected chi connectivity index (χ2v) is 11.9. The molecule has 1 amide bonds. The Morgan fingerprint density at radius 3 is 2.45 bits per heavy atom. The number of hydrogen-bond donors (Lipinski definition) is 6. The molecule has 9 nitrogen and oxygen atoms in total. The quantitative estimate of drug-likeness (QED) is 0.246. The summed E-state index contributed by atoms with van der Waals surface area (Å²) in [6.07, 6.45) is 3.61. The van der Waals surface area contributed by atoms with Gasteiger partial charge in [0, 0.05) is 35.9 Å². The lowest BCUT2D eigenvalue weighted by molar-refractivity contribution is -0.123. The van der Waals surface area contributed by atoms with Crippen LogP contribution in [0.1, 0.15) is 42.4 Å². The van der Waals surface area contributed by atoms with Crippen LogP contribution in [-0.2, 0) is 22.6 Å². The number of amides is 1. The number of hydrogen-bond acceptors (Lipinski definition) is 8. The molecule has 0 bridgehead atoms. The molecule has 0 aromatic heterocycles. The Morgan fingerprint density at radius 2 is 1.84 bits per heavy atom. The summed E-state index contributed by atoms with van der Waals surface area (Å²) >= 11 is 0. The van der Waals surface area contributed by atoms with Crippen LogP contribution in [-0.4, -0.2) is 63.8 Å². The topological polar surface area (TPSA) is 170 Å². The molecule has 11 heteroatoms. The predicted molar refractivity (Wildman–Crippen MR) is 160 cm³/mol. The van der Waals surface area contributed by atoms with Crippen LogP contribution in [0.3, 0.4) is 0 Å². The summed E-state index contributed by atoms with van der Waals surface area (Å²) in [5.74, 6) is -6.02. The number of Topliss-reactive ketones (excluding diaryl/α,β-unsaturated/α-hetero) is 1. The van der Waals surface area contributed by atoms with E-state index >= 15 is 4.39 Å². The molecule has 5 rings (SSSR count). The van der Waals surface area contributed by atoms with Gasteiger partial charge in [-0.15, -0.1) is 0 Å². The Hall–Kier alpha value is -4.06. The van der Waals surface area contributed by atoms with E-state index < -0.39 is 52.9 Å². The first kappa shape index (κ1) is 31.4. The number of ketones is 1. The van der Waals surface area contributed by atoms with Crippen molar-refractivity contribution in [1.82, 2.24) is 4.90 Å². The molecular formula is C33H37F2N3O6. The van der Waals surface area contributed by atoms with E-state index in [4.69, 9.17) is 11.5 Å². The summed E-state index contributed by atoms with van der Waals surface area (Å²) in [6, 6.07) is 3.91. The standard InChI is InChI=1S/C33H37F2N3O6/c1-38(2)28-22-11-15-10-21-20(18-8-7-17(34)13-23(18)35)12-16(14-36)29(40)26(21)31(42)24(15)30(41)25(22)19(6-4-3-5-9-39)27(32(28)43)33(37)44/h6-8,12-13,15,22,25,28,39-40,42-43H,3-5,9-11,14,36H2,1-2H3,(H2,37,44)/b19-6-/t15-,22?,25?,28-/m0/s1. The van der Waals surface area contributed by atoms with Crippen LogP contribution in [0.2, 0.25) is 0 Å². The zero-order valence-corrected chi connectivity index (χ0v) is 24.6. The summed E-state index contributed by atoms with van der Waals surface area (Å²) in [6.45, 7) is -0.183. The number of fused-ring (bicyclic) bond motifs is 3. The number of aliphatic hydroxyl groups is 3. The molecule has 2 aromatic carbocycles. The van der Waals surface area contributed by atoms with Crippen molar-refractivity contribution in [3.8, 4) is 16.9 Å². The Balaban J connectivity index is 1.73. The number of halogens is 2. The third-order valence-corrected chi connectivity index (χ3v) is 9.16. The minimum Gasteiger partial charge on any atom is -0.510 e. The number of carbonyl (C=O) groups excluding carboxylic acids is 2. The number of benzene rings is 2. The van der Waals surface area contributed by atoms with E-state index in [1.165, 1.54) is 12.1 Å². The van der Waals surface area contributed by atoms with E-state index in [-0.39, 0.29) is 64.5 Å². The summed E-state index contributed by atoms with van der Waals surface area (Å²) in [7, 11) is 3.44. The third-order valence-electron chi connectivity index (χ3n) is 9.16. The van der Waals surface area contributed by atoms with Crippen LogP contribution in [0.4, 0.5) is 8.78 Å². The fourth-order valence-corrected chi connectivity index (χ4v) is 7.34. The van der Waals surface area contributed by atoms with Crippen molar-refractivity contribution in [2.75, 3.05) is 20.7 Å². The number of allylic oxidation sites excluding steroid dienone is 2. The Labute approximate surface area is 253 Å². The van der Waals surface area contributed by atoms with E-state index in [9.17, 15) is 34.4 Å². The molecule has 3 aliphatic rings. The smallest absolute Gasteiger partial charge is 0.252 e. The highest BCUT2D eigenvalue weighted by molar-refractivity contribution is 6.10. The number of nitrogens with two attached hydrogens (primary N) is 2. The van der Waals surface area contributed by atoms with Crippen molar-refractivity contribution >= 4 is 17.4 Å². The Morgan fingerprint density at radius 1 is 1.11 bits per heavy atom. The lowest BCUT2D eigenvalue weighted by Crippen LogP contribution is -2.52. The zero-order valence-electron chi connectivity index (χ0n) is 24.6. The van der Waals surface area contributed by atoms with Crippen molar-refractivity contribution in [2.45, 2.75) is 44.7 Å². The average Bonchev–Trinajstić information content (AvgIpc) is 2.95. The minimum absolute atomic E-state index is 0.0272. The van der Waals surface area contributed by atoms with E-state index in [1.807, 2.05) is 0 Å². The lowest BCUT2D eigenvalue weighted by Gasteiger charge is -2.48. The summed E-state index contributed by atoms with van der Waals surface area (Å²) in [5, 5.41) is 43.5. The van der Waals surface area contributed by atoms with Crippen molar-refractivity contribution < 1.29 is 38.8 Å². The molecular weight excluding hydrogens is 572 g/mol. The highest BCUT2D eigenvalue weighted by atomic mass is 19.1. The van der Waals surface area contributed by atoms with Gasteiger partial charge in [0.05, 0.1) is 23.1 Å². The zero-order chi connectivity index (χ0) is 32.0. The number of primary amides is 1. The summed E-state index contributed by atoms with van der Waals surface area (Å²) in [4.78, 5) is 28.9. The maximum Gasteiger partial charge on any atom is 0.252 e. The summed E-state index contributed by atoms with van der Waals surface area (Å²) < 4.78 is 28.9. The first-order valence-electron chi connectivity index (χ1n) is 14.6. The van der Waals surface area contributed by atoms with Gasteiger partial charge in [-0.3, -0.25) is 14.5 Å². The normalized spacial score (nSPS) is 24.1. The molecule has 2 aromatic rings. The number of rotatable bonds is 8. The molecule has 0 aliphatic heterocycles. The molecule has 3 aliphatic carbocycles. The molecule has 1 saturated carbocycles. The first-order valence-corrected chi connectivity index (χ1v) is 14.6. The number of aromatic hydroxyl groups is 1. The molecule has 0 saturated heterocycles. The first-order chi connectivity index (χ1) is 20.9. The van der Waals surface area contributed by atoms with E-state index in [0.717, 1.165) is 12.1 Å². The van der Waals surface area contributed by atoms with Gasteiger partial charge in [0.2, 0.25) is 0 Å². The van der Waals surface area contributed by atoms with E-state index in [2.05, 4.69) is 0 Å². The van der Waals surface area contributed by atoms with Crippen LogP contribution in [0, 0.1) is 29.4 Å². The fraction of sp³-hybridized carbons (Fsp3) is 0.394. The van der Waals surface area contributed by atoms with Crippen LogP contribution in [0.25, 0.3) is 16.9 Å². The second-order valence-electron chi connectivity index (χ2n) is 11.9. The highest BCUT2D eigenvalue weighted by Gasteiger charge is 2.54. The van der Waals surface area contributed by atoms with Crippen molar-refractivity contribution in [3.63, 3.8) is 0 Å². The highest BCUT2D eigenvalue weighted by Crippen LogP contribution is 2.54. The predicted octanol–water partition coefficient (Wildman–Crippen LogP) is 3.77. The van der Waals surface area contributed by atoms with Crippen molar-refractivity contribution in [3.05, 3.63) is 81.1 Å². The largest absolute Gasteiger partial charge is 0.510 e. The van der Waals surface area contributed by atoms with Crippen LogP contribution in [0.15, 0.2) is 52.8 Å². The van der Waals surface area contributed by atoms with Gasteiger partial charge in [0.1, 0.15) is 28.9 Å². The number of likely N-dealkylation sites (N-methyl/N-ethyl adjacent to an activating group) is 1. The van der Waals surface area contributed by atoms with Gasteiger partial charge in [0.15, 0.2) is 5.78 Å². The second kappa shape index (κ2) is 12.1. The number of nitrogens with zero attached hydrogens (tertiary/aromatic N) is 1. The maximum absolute atomic E-state index is 15.1. The molecule has 2 unspecified atom stereocenters. The van der Waals surface area contributed by atoms with Crippen LogP contribution in [0.5, 0.6) is 5.75 Å². The van der Waals surface area contributed by atoms with Gasteiger partial charge in [0.25, 0.3) is 5.91 Å². The molecule has 0 spiro atoms. The SMILES string of the molecule is CN(C)[C@@H]1C(O)=C(C(N)=O)/C(=C\CCCCO)C2C(=O)C3=C(O)c4c(O)c(CN)cc(-c5ccc(F)cc5F)c4C[C@H]3CC21. The van der Waals surface area contributed by atoms with Crippen LogP contribution >= 0.6 is 0 Å². The van der Waals surface area contributed by atoms with Crippen LogP contribution < -0.4 is 11.5 Å². The monoisotopic (exact) mass is 609 g/mol. The van der Waals surface area contributed by atoms with Crippen molar-refractivity contribution in [2.24, 2.45) is 29.2 Å². The Bertz CT molecular complexity index is 1630. The lowest BCUT2D eigenvalue weighted by atomic mass is 9.58. The summed E-state index contributed by atoms with van der Waals surface area (Å²) in [5.41, 5.74) is 12.8. The maximum atomic E-state index is 15.1. The molecule has 0 heterocycles. The van der Waals surface area contributed by atoms with Gasteiger partial charge in [-0.1, -0.05) is 6.08 Å². The van der Waals surface area contributed by atoms with Gasteiger partial charge in [-0.2, -0.15) is 0 Å². The van der Waals surface area contributed by atoms with Gasteiger partial charge in [-0.25, -0.2) is 8.78 Å². The number of phenols is 1. The molecule has 8 N–H and O–H groups in total. The number of aliphatic hydroxyl groups excluding tert-OH is 3. The number of phenolic OH excluding ortho intramolecular Hbond substituents is 1. The molecule has 44 heavy (non-hydrogen) atoms. The molecule has 0 radical (unpaired) electrons. The Kier molecular flexibility index (Phi) is 8.66. The molecule has 4 atom stereocenters. The van der Waals surface area contributed by atoms with E-state index in [0.29, 0.717) is 36.8 Å². The number of carbonyl (C=O) groups is 2. The van der Waals surface area contributed by atoms with Gasteiger partial charge in [-0.05, 0) is 92.9 Å². The number of unbranched alkanes of at least 4 members (excludes halogenated alkanes) is 2. The van der Waals surface area contributed by atoms with Gasteiger partial charge >= 0.3 is 0 Å². The fourth-order valence-electron chi connectivity index (χ4n) is 7.34. The molecule has 234 valence electrons. The van der Waals surface area contributed by atoms with Crippen molar-refractivity contribution in [1.29, 1.82) is 0 Å². The van der Waals surface area contributed by atoms with Gasteiger partial charge < -0.3 is 31.9 Å². The van der Waals surface area contributed by atoms with E-state index in [1.54, 1.807) is 25.1 Å². The molecule has 1 fully saturated rings.